The summed E-state index contributed by atoms with van der Waals surface area (Å²) in [6, 6.07) is 1.20. The molecule has 29 heavy (non-hydrogen) atoms. The van der Waals surface area contributed by atoms with Gasteiger partial charge >= 0.3 is 0 Å². The standard InChI is InChI=1S/C19H16F2N8/c1-22-9-16(14-6-19(14,20)21)29-11-13(8-25-29)18-26-15(12-7-24-27(2)10-12)5-17-23-3-4-28(17)18/h3-5,7-8,10-11,14,16H,6,9H2,2H3/t14-,16-/m1/s1. The number of hydrogen-bond donors (Lipinski definition) is 0. The summed E-state index contributed by atoms with van der Waals surface area (Å²) in [5, 5.41) is 8.47. The van der Waals surface area contributed by atoms with Crippen molar-refractivity contribution in [2.75, 3.05) is 6.54 Å². The Labute approximate surface area is 164 Å². The molecule has 0 aromatic carbocycles. The normalized spacial score (nSPS) is 18.6. The number of halogens is 2. The summed E-state index contributed by atoms with van der Waals surface area (Å²) in [6.45, 7) is 7.09. The van der Waals surface area contributed by atoms with E-state index in [2.05, 4.69) is 20.0 Å². The maximum absolute atomic E-state index is 13.6. The van der Waals surface area contributed by atoms with E-state index in [-0.39, 0.29) is 13.0 Å². The van der Waals surface area contributed by atoms with E-state index in [0.29, 0.717) is 22.7 Å². The Kier molecular flexibility index (Phi) is 3.74. The Hall–Kier alpha value is -3.61. The van der Waals surface area contributed by atoms with E-state index in [1.165, 1.54) is 4.68 Å². The maximum Gasteiger partial charge on any atom is 0.254 e. The van der Waals surface area contributed by atoms with E-state index in [9.17, 15) is 8.78 Å². The van der Waals surface area contributed by atoms with Crippen molar-refractivity contribution in [3.05, 3.63) is 54.7 Å². The minimum Gasteiger partial charge on any atom is -0.315 e. The molecule has 0 radical (unpaired) electrons. The van der Waals surface area contributed by atoms with Crippen molar-refractivity contribution in [1.29, 1.82) is 0 Å². The molecule has 1 aliphatic carbocycles. The Morgan fingerprint density at radius 3 is 2.76 bits per heavy atom. The number of aryl methyl sites for hydroxylation is 1. The topological polar surface area (TPSA) is 70.2 Å². The molecule has 0 amide bonds. The molecule has 2 atom stereocenters. The monoisotopic (exact) mass is 394 g/mol. The molecule has 0 bridgehead atoms. The van der Waals surface area contributed by atoms with Gasteiger partial charge in [0.05, 0.1) is 29.6 Å². The number of imidazole rings is 1. The van der Waals surface area contributed by atoms with E-state index >= 15 is 0 Å². The number of nitrogens with zero attached hydrogens (tertiary/aromatic N) is 8. The summed E-state index contributed by atoms with van der Waals surface area (Å²) in [5.41, 5.74) is 2.91. The van der Waals surface area contributed by atoms with E-state index < -0.39 is 17.9 Å². The Bertz CT molecular complexity index is 1240. The van der Waals surface area contributed by atoms with Crippen LogP contribution < -0.4 is 0 Å². The van der Waals surface area contributed by atoms with Crippen molar-refractivity contribution in [1.82, 2.24) is 33.9 Å². The van der Waals surface area contributed by atoms with Crippen molar-refractivity contribution in [2.24, 2.45) is 13.0 Å². The Morgan fingerprint density at radius 1 is 1.28 bits per heavy atom. The molecule has 146 valence electrons. The predicted octanol–water partition coefficient (Wildman–Crippen LogP) is 3.11. The lowest BCUT2D eigenvalue weighted by molar-refractivity contribution is 0.0861. The van der Waals surface area contributed by atoms with Crippen molar-refractivity contribution in [3.8, 4) is 22.6 Å². The molecule has 0 saturated heterocycles. The van der Waals surface area contributed by atoms with Crippen LogP contribution in [0.2, 0.25) is 0 Å². The van der Waals surface area contributed by atoms with Crippen molar-refractivity contribution >= 4 is 5.65 Å². The largest absolute Gasteiger partial charge is 0.315 e. The predicted molar refractivity (Wildman–Crippen MR) is 100.0 cm³/mol. The Balaban J connectivity index is 1.58. The summed E-state index contributed by atoms with van der Waals surface area (Å²) in [6.07, 6.45) is 10.1. The SMILES string of the molecule is [C-]#[N+]C[C@H]([C@H]1CC1(F)F)n1cc(-c2nc(-c3cnn(C)c3)cc3nccn23)cn1. The first-order valence-electron chi connectivity index (χ1n) is 9.05. The van der Waals surface area contributed by atoms with Crippen LogP contribution >= 0.6 is 0 Å². The molecule has 4 aromatic heterocycles. The lowest BCUT2D eigenvalue weighted by atomic mass is 10.2. The fourth-order valence-corrected chi connectivity index (χ4v) is 3.60. The van der Waals surface area contributed by atoms with Crippen LogP contribution in [0, 0.1) is 12.5 Å². The van der Waals surface area contributed by atoms with Crippen molar-refractivity contribution in [2.45, 2.75) is 18.4 Å². The van der Waals surface area contributed by atoms with Crippen molar-refractivity contribution < 1.29 is 8.78 Å². The highest BCUT2D eigenvalue weighted by molar-refractivity contribution is 5.68. The lowest BCUT2D eigenvalue weighted by Crippen LogP contribution is -2.17. The minimum absolute atomic E-state index is 0.0367. The fraction of sp³-hybridized carbons (Fsp3) is 0.316. The highest BCUT2D eigenvalue weighted by atomic mass is 19.3. The zero-order valence-corrected chi connectivity index (χ0v) is 15.4. The molecule has 0 spiro atoms. The summed E-state index contributed by atoms with van der Waals surface area (Å²) in [7, 11) is 1.83. The van der Waals surface area contributed by atoms with E-state index in [1.807, 2.05) is 23.7 Å². The smallest absolute Gasteiger partial charge is 0.254 e. The minimum atomic E-state index is -2.72. The van der Waals surface area contributed by atoms with Gasteiger partial charge in [0.25, 0.3) is 5.92 Å². The first kappa shape index (κ1) is 17.5. The van der Waals surface area contributed by atoms with Crippen LogP contribution in [0.15, 0.2) is 43.2 Å². The van der Waals surface area contributed by atoms with E-state index in [4.69, 9.17) is 11.6 Å². The number of alkyl halides is 2. The Morgan fingerprint density at radius 2 is 2.07 bits per heavy atom. The molecule has 1 fully saturated rings. The molecule has 4 heterocycles. The third-order valence-electron chi connectivity index (χ3n) is 5.21. The van der Waals surface area contributed by atoms with Gasteiger partial charge in [0.1, 0.15) is 17.5 Å². The van der Waals surface area contributed by atoms with E-state index in [0.717, 1.165) is 5.56 Å². The highest BCUT2D eigenvalue weighted by Gasteiger charge is 2.62. The highest BCUT2D eigenvalue weighted by Crippen LogP contribution is 2.54. The summed E-state index contributed by atoms with van der Waals surface area (Å²) < 4.78 is 32.2. The molecule has 0 N–H and O–H groups in total. The average molecular weight is 394 g/mol. The van der Waals surface area contributed by atoms with Gasteiger partial charge in [0.15, 0.2) is 0 Å². The molecule has 1 saturated carbocycles. The number of aromatic nitrogens is 7. The van der Waals surface area contributed by atoms with Gasteiger partial charge < -0.3 is 4.85 Å². The van der Waals surface area contributed by atoms with Crippen LogP contribution in [0.25, 0.3) is 33.1 Å². The van der Waals surface area contributed by atoms with Gasteiger partial charge in [-0.3, -0.25) is 13.8 Å². The second-order valence-electron chi connectivity index (χ2n) is 7.21. The summed E-state index contributed by atoms with van der Waals surface area (Å²) in [5.74, 6) is -2.99. The van der Waals surface area contributed by atoms with Gasteiger partial charge in [0.2, 0.25) is 6.54 Å². The van der Waals surface area contributed by atoms with Gasteiger partial charge in [-0.2, -0.15) is 10.2 Å². The quantitative estimate of drug-likeness (QED) is 0.488. The first-order valence-corrected chi connectivity index (χ1v) is 9.05. The van der Waals surface area contributed by atoms with Gasteiger partial charge in [-0.25, -0.2) is 25.3 Å². The van der Waals surface area contributed by atoms with Crippen molar-refractivity contribution in [3.63, 3.8) is 0 Å². The lowest BCUT2D eigenvalue weighted by Gasteiger charge is -2.11. The zero-order chi connectivity index (χ0) is 20.2. The summed E-state index contributed by atoms with van der Waals surface area (Å²) >= 11 is 0. The molecular weight excluding hydrogens is 378 g/mol. The van der Waals surface area contributed by atoms with Crippen LogP contribution in [-0.4, -0.2) is 46.4 Å². The molecule has 8 nitrogen and oxygen atoms in total. The van der Waals surface area contributed by atoms with Gasteiger partial charge in [0, 0.05) is 49.9 Å². The fourth-order valence-electron chi connectivity index (χ4n) is 3.60. The molecule has 0 unspecified atom stereocenters. The number of fused-ring (bicyclic) bond motifs is 1. The first-order chi connectivity index (χ1) is 14.0. The van der Waals surface area contributed by atoms with Gasteiger partial charge in [-0.05, 0) is 0 Å². The van der Waals surface area contributed by atoms with Crippen LogP contribution in [-0.2, 0) is 7.05 Å². The molecule has 1 aliphatic rings. The number of hydrogen-bond acceptors (Lipinski definition) is 4. The van der Waals surface area contributed by atoms with Crippen LogP contribution in [0.4, 0.5) is 8.78 Å². The second kappa shape index (κ2) is 6.20. The molecule has 5 rings (SSSR count). The molecule has 4 aromatic rings. The maximum atomic E-state index is 13.6. The van der Waals surface area contributed by atoms with E-state index in [1.54, 1.807) is 35.7 Å². The third kappa shape index (κ3) is 2.95. The average Bonchev–Trinajstić information content (AvgIpc) is 3.21. The molecule has 10 heteroatoms. The van der Waals surface area contributed by atoms with Crippen LogP contribution in [0.1, 0.15) is 12.5 Å². The van der Waals surface area contributed by atoms with Crippen LogP contribution in [0.5, 0.6) is 0 Å². The second-order valence-corrected chi connectivity index (χ2v) is 7.21. The number of rotatable bonds is 5. The van der Waals surface area contributed by atoms with Gasteiger partial charge in [-0.1, -0.05) is 0 Å². The molecular formula is C19H16F2N8. The molecule has 0 aliphatic heterocycles. The summed E-state index contributed by atoms with van der Waals surface area (Å²) in [4.78, 5) is 12.4. The third-order valence-corrected chi connectivity index (χ3v) is 5.21. The van der Waals surface area contributed by atoms with Crippen LogP contribution in [0.3, 0.4) is 0 Å². The zero-order valence-electron chi connectivity index (χ0n) is 15.4. The van der Waals surface area contributed by atoms with Gasteiger partial charge in [-0.15, -0.1) is 0 Å².